The Bertz CT molecular complexity index is 44.7. The van der Waals surface area contributed by atoms with Crippen LogP contribution < -0.4 is 0 Å². The van der Waals surface area contributed by atoms with Gasteiger partial charge in [-0.1, -0.05) is 18.9 Å². The third kappa shape index (κ3) is 56.3. The van der Waals surface area contributed by atoms with Crippen LogP contribution in [0.2, 0.25) is 0 Å². The van der Waals surface area contributed by atoms with E-state index in [4.69, 9.17) is 20.2 Å². The number of hydrogen-bond acceptors (Lipinski definition) is 5. The first kappa shape index (κ1) is 17.5. The van der Waals surface area contributed by atoms with Crippen molar-refractivity contribution in [3.63, 3.8) is 0 Å². The minimum Gasteiger partial charge on any atom is -0.396 e. The lowest BCUT2D eigenvalue weighted by molar-refractivity contribution is 0.221. The zero-order chi connectivity index (χ0) is 10.2. The summed E-state index contributed by atoms with van der Waals surface area (Å²) in [5.41, 5.74) is 4.50. The lowest BCUT2D eigenvalue weighted by atomic mass is 10.4. The summed E-state index contributed by atoms with van der Waals surface area (Å²) in [6.07, 6.45) is 2.54. The standard InChI is InChI=1S/C4H10O.C3H8O2.HNO/c1-2-3-4-5;4-2-1-3-5;1-2/h5H,2-4H2,1H3;4-5H,1-3H2;1H. The van der Waals surface area contributed by atoms with Gasteiger partial charge in [0, 0.05) is 19.8 Å². The maximum Gasteiger partial charge on any atom is 0.0452 e. The van der Waals surface area contributed by atoms with Crippen LogP contribution in [0.25, 0.3) is 0 Å². The van der Waals surface area contributed by atoms with Gasteiger partial charge in [-0.25, -0.2) is 0 Å². The molecule has 0 amide bonds. The fraction of sp³-hybridized carbons (Fsp3) is 1.00. The molecule has 0 saturated carbocycles. The Labute approximate surface area is 72.8 Å². The summed E-state index contributed by atoms with van der Waals surface area (Å²) in [5, 5.41) is 23.9. The molecule has 0 aliphatic rings. The molecule has 76 valence electrons. The number of nitrogens with one attached hydrogen (secondary N) is 1. The first-order valence-electron chi connectivity index (χ1n) is 3.86. The average molecular weight is 181 g/mol. The summed E-state index contributed by atoms with van der Waals surface area (Å²) in [6.45, 7) is 2.58. The molecule has 0 saturated heterocycles. The SMILES string of the molecule is CCCCO.N=O.OCCCO. The van der Waals surface area contributed by atoms with Crippen LogP contribution in [0.5, 0.6) is 0 Å². The molecule has 0 aliphatic heterocycles. The summed E-state index contributed by atoms with van der Waals surface area (Å²) in [6, 6.07) is 0. The van der Waals surface area contributed by atoms with Gasteiger partial charge in [0.15, 0.2) is 0 Å². The van der Waals surface area contributed by atoms with E-state index >= 15 is 0 Å². The van der Waals surface area contributed by atoms with Gasteiger partial charge in [0.05, 0.1) is 0 Å². The summed E-state index contributed by atoms with van der Waals surface area (Å²) in [5.74, 6) is 0. The van der Waals surface area contributed by atoms with E-state index in [9.17, 15) is 0 Å². The van der Waals surface area contributed by atoms with Crippen molar-refractivity contribution in [3.8, 4) is 0 Å². The maximum atomic E-state index is 8.07. The topological polar surface area (TPSA) is 102 Å². The highest BCUT2D eigenvalue weighted by Crippen LogP contribution is 1.78. The van der Waals surface area contributed by atoms with Crippen molar-refractivity contribution in [3.05, 3.63) is 4.91 Å². The van der Waals surface area contributed by atoms with E-state index in [1.54, 1.807) is 0 Å². The van der Waals surface area contributed by atoms with Crippen LogP contribution >= 0.6 is 0 Å². The van der Waals surface area contributed by atoms with Gasteiger partial charge in [-0.05, 0) is 12.8 Å². The third-order valence-electron chi connectivity index (χ3n) is 0.828. The van der Waals surface area contributed by atoms with Crippen LogP contribution in [-0.2, 0) is 0 Å². The molecular formula is C7H19NO4. The molecule has 0 atom stereocenters. The van der Waals surface area contributed by atoms with Crippen molar-refractivity contribution in [2.24, 2.45) is 0 Å². The van der Waals surface area contributed by atoms with Crippen molar-refractivity contribution in [2.45, 2.75) is 26.2 Å². The van der Waals surface area contributed by atoms with E-state index in [1.807, 2.05) is 0 Å². The predicted octanol–water partition coefficient (Wildman–Crippen LogP) is 0.471. The molecule has 0 aromatic heterocycles. The van der Waals surface area contributed by atoms with Crippen molar-refractivity contribution >= 4 is 0 Å². The zero-order valence-corrected chi connectivity index (χ0v) is 7.49. The number of unbranched alkanes of at least 4 members (excludes halogenated alkanes) is 1. The largest absolute Gasteiger partial charge is 0.396 e. The number of rotatable bonds is 4. The van der Waals surface area contributed by atoms with E-state index in [2.05, 4.69) is 12.5 Å². The van der Waals surface area contributed by atoms with Gasteiger partial charge in [0.1, 0.15) is 0 Å². The molecule has 5 nitrogen and oxygen atoms in total. The van der Waals surface area contributed by atoms with Crippen LogP contribution in [-0.4, -0.2) is 35.1 Å². The molecule has 12 heavy (non-hydrogen) atoms. The molecule has 0 aliphatic carbocycles. The van der Waals surface area contributed by atoms with Crippen molar-refractivity contribution in [1.82, 2.24) is 0 Å². The van der Waals surface area contributed by atoms with Crippen LogP contribution in [0.1, 0.15) is 26.2 Å². The first-order valence-corrected chi connectivity index (χ1v) is 3.86. The van der Waals surface area contributed by atoms with E-state index in [0.717, 1.165) is 12.8 Å². The highest BCUT2D eigenvalue weighted by molar-refractivity contribution is 4.23. The molecule has 0 heterocycles. The van der Waals surface area contributed by atoms with Crippen LogP contribution in [0.15, 0.2) is 0 Å². The zero-order valence-electron chi connectivity index (χ0n) is 7.49. The van der Waals surface area contributed by atoms with Gasteiger partial charge in [0.25, 0.3) is 0 Å². The van der Waals surface area contributed by atoms with Crippen LogP contribution in [0.4, 0.5) is 0 Å². The maximum absolute atomic E-state index is 8.07. The molecule has 0 aromatic carbocycles. The van der Waals surface area contributed by atoms with E-state index in [0.29, 0.717) is 13.0 Å². The molecule has 0 spiro atoms. The second kappa shape index (κ2) is 31.4. The number of hydrogen-bond donors (Lipinski definition) is 4. The van der Waals surface area contributed by atoms with Crippen molar-refractivity contribution in [1.29, 1.82) is 5.59 Å². The molecule has 0 aromatic rings. The van der Waals surface area contributed by atoms with Crippen LogP contribution in [0, 0.1) is 10.5 Å². The Hall–Kier alpha value is -0.520. The Balaban J connectivity index is -0.000000112. The van der Waals surface area contributed by atoms with E-state index < -0.39 is 0 Å². The number of aliphatic hydroxyl groups excluding tert-OH is 3. The quantitative estimate of drug-likeness (QED) is 0.473. The Morgan fingerprint density at radius 1 is 0.917 bits per heavy atom. The van der Waals surface area contributed by atoms with E-state index in [1.165, 1.54) is 0 Å². The average Bonchev–Trinajstić information content (AvgIpc) is 2.12. The monoisotopic (exact) mass is 181 g/mol. The van der Waals surface area contributed by atoms with Crippen molar-refractivity contribution < 1.29 is 15.3 Å². The lowest BCUT2D eigenvalue weighted by Gasteiger charge is -1.79. The molecule has 0 rings (SSSR count). The molecule has 0 unspecified atom stereocenters. The van der Waals surface area contributed by atoms with Gasteiger partial charge in [-0.3, -0.25) is 0 Å². The second-order valence-corrected chi connectivity index (χ2v) is 1.88. The predicted molar refractivity (Wildman–Crippen MR) is 46.9 cm³/mol. The highest BCUT2D eigenvalue weighted by atomic mass is 16.3. The Morgan fingerprint density at radius 2 is 1.25 bits per heavy atom. The van der Waals surface area contributed by atoms with Gasteiger partial charge >= 0.3 is 0 Å². The number of aliphatic hydroxyl groups is 3. The molecule has 4 N–H and O–H groups in total. The Kier molecular flexibility index (Phi) is 45.8. The molecular weight excluding hydrogens is 162 g/mol. The van der Waals surface area contributed by atoms with Gasteiger partial charge in [-0.2, -0.15) is 4.91 Å². The molecule has 0 bridgehead atoms. The molecule has 0 fully saturated rings. The lowest BCUT2D eigenvalue weighted by Crippen LogP contribution is -1.85. The summed E-state index contributed by atoms with van der Waals surface area (Å²) in [7, 11) is 0. The molecule has 0 radical (unpaired) electrons. The van der Waals surface area contributed by atoms with Gasteiger partial charge in [-0.15, -0.1) is 0 Å². The van der Waals surface area contributed by atoms with Crippen LogP contribution in [0.3, 0.4) is 0 Å². The summed E-state index contributed by atoms with van der Waals surface area (Å²) >= 11 is 0. The van der Waals surface area contributed by atoms with Gasteiger partial charge < -0.3 is 15.3 Å². The third-order valence-corrected chi connectivity index (χ3v) is 0.828. The number of nitroso groups, excluding NO2 is 1. The Morgan fingerprint density at radius 3 is 1.25 bits per heavy atom. The van der Waals surface area contributed by atoms with Crippen molar-refractivity contribution in [2.75, 3.05) is 19.8 Å². The smallest absolute Gasteiger partial charge is 0.0452 e. The minimum absolute atomic E-state index is 0.0938. The molecule has 5 heteroatoms. The fourth-order valence-corrected chi connectivity index (χ4v) is 0.229. The fourth-order valence-electron chi connectivity index (χ4n) is 0.229. The normalized spacial score (nSPS) is 7.33. The highest BCUT2D eigenvalue weighted by Gasteiger charge is 1.70. The van der Waals surface area contributed by atoms with Gasteiger partial charge in [0.2, 0.25) is 0 Å². The summed E-state index contributed by atoms with van der Waals surface area (Å²) < 4.78 is 0. The second-order valence-electron chi connectivity index (χ2n) is 1.88. The minimum atomic E-state index is 0.0938. The summed E-state index contributed by atoms with van der Waals surface area (Å²) in [4.78, 5) is 7.50. The first-order chi connectivity index (χ1) is 5.83. The van der Waals surface area contributed by atoms with E-state index in [-0.39, 0.29) is 13.2 Å².